The Morgan fingerprint density at radius 1 is 1.04 bits per heavy atom. The lowest BCUT2D eigenvalue weighted by atomic mass is 10.1. The van der Waals surface area contributed by atoms with Gasteiger partial charge in [0.2, 0.25) is 0 Å². The van der Waals surface area contributed by atoms with Crippen molar-refractivity contribution in [2.75, 3.05) is 0 Å². The molecule has 0 N–H and O–H groups in total. The third-order valence-corrected chi connectivity index (χ3v) is 5.48. The Labute approximate surface area is 135 Å². The summed E-state index contributed by atoms with van der Waals surface area (Å²) in [5, 5.41) is 10.8. The highest BCUT2D eigenvalue weighted by Crippen LogP contribution is 2.42. The fraction of sp³-hybridized carbons (Fsp3) is 0.294. The van der Waals surface area contributed by atoms with Crippen molar-refractivity contribution in [3.63, 3.8) is 0 Å². The molecule has 120 valence electrons. The molecule has 3 rings (SSSR count). The molecule has 5 nitrogen and oxygen atoms in total. The molecular formula is C17H17NO4S. The number of hydrogen-bond donors (Lipinski definition) is 0. The summed E-state index contributed by atoms with van der Waals surface area (Å²) in [6.07, 6.45) is 2.23. The van der Waals surface area contributed by atoms with E-state index >= 15 is 0 Å². The van der Waals surface area contributed by atoms with Gasteiger partial charge in [-0.05, 0) is 35.4 Å². The van der Waals surface area contributed by atoms with Gasteiger partial charge in [0.05, 0.1) is 16.4 Å². The third kappa shape index (κ3) is 3.96. The monoisotopic (exact) mass is 331 g/mol. The van der Waals surface area contributed by atoms with Gasteiger partial charge in [0.25, 0.3) is 5.69 Å². The first-order chi connectivity index (χ1) is 10.9. The number of nitrogens with zero attached hydrogens (tertiary/aromatic N) is 1. The Bertz CT molecular complexity index is 841. The van der Waals surface area contributed by atoms with Gasteiger partial charge in [-0.25, -0.2) is 8.42 Å². The molecule has 23 heavy (non-hydrogen) atoms. The van der Waals surface area contributed by atoms with Crippen LogP contribution in [0, 0.1) is 10.1 Å². The van der Waals surface area contributed by atoms with Crippen molar-refractivity contribution in [3.05, 3.63) is 75.3 Å². The fourth-order valence-corrected chi connectivity index (χ4v) is 4.29. The summed E-state index contributed by atoms with van der Waals surface area (Å²) in [7, 11) is -3.38. The minimum absolute atomic E-state index is 0.0254. The van der Waals surface area contributed by atoms with Crippen LogP contribution in [-0.2, 0) is 21.3 Å². The zero-order valence-electron chi connectivity index (χ0n) is 12.5. The van der Waals surface area contributed by atoms with Gasteiger partial charge in [-0.3, -0.25) is 10.1 Å². The van der Waals surface area contributed by atoms with E-state index in [1.165, 1.54) is 18.2 Å². The lowest BCUT2D eigenvalue weighted by Gasteiger charge is -2.09. The summed E-state index contributed by atoms with van der Waals surface area (Å²) < 4.78 is 25.0. The first kappa shape index (κ1) is 15.7. The Hall–Kier alpha value is -2.21. The van der Waals surface area contributed by atoms with Crippen LogP contribution < -0.4 is 0 Å². The second-order valence-electron chi connectivity index (χ2n) is 5.93. The van der Waals surface area contributed by atoms with Crippen LogP contribution in [0.4, 0.5) is 5.69 Å². The molecule has 1 aliphatic rings. The number of non-ortho nitro benzene ring substituents is 1. The molecule has 1 saturated carbocycles. The van der Waals surface area contributed by atoms with Gasteiger partial charge in [-0.2, -0.15) is 0 Å². The molecule has 0 atom stereocenters. The van der Waals surface area contributed by atoms with E-state index in [2.05, 4.69) is 0 Å². The number of benzene rings is 2. The van der Waals surface area contributed by atoms with Gasteiger partial charge in [0, 0.05) is 12.1 Å². The molecule has 0 amide bonds. The molecule has 6 heteroatoms. The highest BCUT2D eigenvalue weighted by atomic mass is 32.2. The van der Waals surface area contributed by atoms with Gasteiger partial charge in [0.15, 0.2) is 9.84 Å². The lowest BCUT2D eigenvalue weighted by molar-refractivity contribution is -0.384. The van der Waals surface area contributed by atoms with Gasteiger partial charge >= 0.3 is 0 Å². The maximum absolute atomic E-state index is 12.5. The molecule has 0 saturated heterocycles. The average molecular weight is 331 g/mol. The highest BCUT2D eigenvalue weighted by Gasteiger charge is 2.27. The Morgan fingerprint density at radius 2 is 1.78 bits per heavy atom. The molecule has 0 bridgehead atoms. The predicted molar refractivity (Wildman–Crippen MR) is 87.8 cm³/mol. The largest absolute Gasteiger partial charge is 0.269 e. The smallest absolute Gasteiger partial charge is 0.258 e. The van der Waals surface area contributed by atoms with E-state index in [9.17, 15) is 18.5 Å². The van der Waals surface area contributed by atoms with Crippen LogP contribution in [0.3, 0.4) is 0 Å². The molecule has 2 aromatic rings. The first-order valence-corrected chi connectivity index (χ1v) is 9.28. The minimum Gasteiger partial charge on any atom is -0.258 e. The Balaban J connectivity index is 1.80. The average Bonchev–Trinajstić information content (AvgIpc) is 3.31. The molecule has 1 fully saturated rings. The fourth-order valence-electron chi connectivity index (χ4n) is 2.76. The molecular weight excluding hydrogens is 314 g/mol. The molecule has 0 heterocycles. The zero-order valence-corrected chi connectivity index (χ0v) is 13.3. The Kier molecular flexibility index (Phi) is 4.17. The van der Waals surface area contributed by atoms with Crippen molar-refractivity contribution >= 4 is 15.5 Å². The molecule has 2 aromatic carbocycles. The molecule has 0 unspecified atom stereocenters. The second-order valence-corrected chi connectivity index (χ2v) is 8.00. The van der Waals surface area contributed by atoms with Crippen LogP contribution in [-0.4, -0.2) is 13.3 Å². The van der Waals surface area contributed by atoms with Crippen molar-refractivity contribution in [2.45, 2.75) is 30.3 Å². The van der Waals surface area contributed by atoms with Crippen LogP contribution >= 0.6 is 0 Å². The zero-order chi connectivity index (χ0) is 16.4. The normalized spacial score (nSPS) is 14.6. The summed E-state index contributed by atoms with van der Waals surface area (Å²) in [5.41, 5.74) is 2.33. The van der Waals surface area contributed by atoms with Crippen LogP contribution in [0.15, 0.2) is 48.5 Å². The van der Waals surface area contributed by atoms with Crippen LogP contribution in [0.25, 0.3) is 0 Å². The van der Waals surface area contributed by atoms with Gasteiger partial charge in [0.1, 0.15) is 0 Å². The van der Waals surface area contributed by atoms with Crippen LogP contribution in [0.5, 0.6) is 0 Å². The standard InChI is InChI=1S/C17H17NO4S/c19-18(20)16-6-3-4-13(10-16)11-23(21,22)12-15-5-1-2-7-17(15)14-8-9-14/h1-7,10,14H,8-9,11-12H2. The summed E-state index contributed by atoms with van der Waals surface area (Å²) in [6.45, 7) is 0. The highest BCUT2D eigenvalue weighted by molar-refractivity contribution is 7.89. The quantitative estimate of drug-likeness (QED) is 0.598. The van der Waals surface area contributed by atoms with E-state index < -0.39 is 14.8 Å². The summed E-state index contributed by atoms with van der Waals surface area (Å²) >= 11 is 0. The molecule has 0 radical (unpaired) electrons. The van der Waals surface area contributed by atoms with E-state index in [0.29, 0.717) is 11.5 Å². The second kappa shape index (κ2) is 6.12. The minimum atomic E-state index is -3.38. The maximum Gasteiger partial charge on any atom is 0.269 e. The van der Waals surface area contributed by atoms with Gasteiger partial charge in [-0.1, -0.05) is 36.4 Å². The van der Waals surface area contributed by atoms with E-state index in [1.807, 2.05) is 24.3 Å². The number of hydrogen-bond acceptors (Lipinski definition) is 4. The molecule has 0 aliphatic heterocycles. The van der Waals surface area contributed by atoms with Crippen molar-refractivity contribution in [1.29, 1.82) is 0 Å². The number of sulfone groups is 1. The molecule has 1 aliphatic carbocycles. The Morgan fingerprint density at radius 3 is 2.48 bits per heavy atom. The van der Waals surface area contributed by atoms with Gasteiger partial charge in [-0.15, -0.1) is 0 Å². The maximum atomic E-state index is 12.5. The molecule has 0 spiro atoms. The first-order valence-electron chi connectivity index (χ1n) is 7.46. The van der Waals surface area contributed by atoms with Crippen molar-refractivity contribution < 1.29 is 13.3 Å². The number of nitro benzene ring substituents is 1. The van der Waals surface area contributed by atoms with E-state index in [1.54, 1.807) is 6.07 Å². The van der Waals surface area contributed by atoms with Crippen molar-refractivity contribution in [2.24, 2.45) is 0 Å². The SMILES string of the molecule is O=[N+]([O-])c1cccc(CS(=O)(=O)Cc2ccccc2C2CC2)c1. The third-order valence-electron chi connectivity index (χ3n) is 3.96. The van der Waals surface area contributed by atoms with E-state index in [0.717, 1.165) is 24.0 Å². The molecule has 0 aromatic heterocycles. The summed E-state index contributed by atoms with van der Waals surface area (Å²) in [4.78, 5) is 10.3. The predicted octanol–water partition coefficient (Wildman–Crippen LogP) is 3.59. The van der Waals surface area contributed by atoms with E-state index in [4.69, 9.17) is 0 Å². The number of nitro groups is 1. The lowest BCUT2D eigenvalue weighted by Crippen LogP contribution is -2.09. The summed E-state index contributed by atoms with van der Waals surface area (Å²) in [5.74, 6) is 0.273. The topological polar surface area (TPSA) is 77.3 Å². The van der Waals surface area contributed by atoms with E-state index in [-0.39, 0.29) is 17.2 Å². The van der Waals surface area contributed by atoms with Crippen LogP contribution in [0.2, 0.25) is 0 Å². The van der Waals surface area contributed by atoms with Crippen molar-refractivity contribution in [3.8, 4) is 0 Å². The summed E-state index contributed by atoms with van der Waals surface area (Å²) in [6, 6.07) is 13.4. The van der Waals surface area contributed by atoms with Crippen molar-refractivity contribution in [1.82, 2.24) is 0 Å². The van der Waals surface area contributed by atoms with Gasteiger partial charge < -0.3 is 0 Å². The number of rotatable bonds is 6. The van der Waals surface area contributed by atoms with Crippen LogP contribution in [0.1, 0.15) is 35.4 Å².